The molecule has 0 bridgehead atoms. The van der Waals surface area contributed by atoms with E-state index in [2.05, 4.69) is 48.9 Å². The lowest BCUT2D eigenvalue weighted by Crippen LogP contribution is -2.04. The molecule has 0 radical (unpaired) electrons. The normalized spacial score (nSPS) is 16.1. The van der Waals surface area contributed by atoms with Crippen molar-refractivity contribution in [3.05, 3.63) is 40.8 Å². The number of nitrogens with one attached hydrogen (secondary N) is 1. The predicted octanol–water partition coefficient (Wildman–Crippen LogP) is 3.56. The highest BCUT2D eigenvalue weighted by Crippen LogP contribution is 2.46. The lowest BCUT2D eigenvalue weighted by atomic mass is 9.99. The molecule has 0 atom stereocenters. The zero-order valence-corrected chi connectivity index (χ0v) is 11.5. The number of aryl methyl sites for hydroxylation is 3. The third-order valence-electron chi connectivity index (χ3n) is 4.12. The maximum Gasteiger partial charge on any atom is 0.127 e. The maximum absolute atomic E-state index is 9.21. The van der Waals surface area contributed by atoms with Crippen LogP contribution in [-0.4, -0.2) is 9.97 Å². The van der Waals surface area contributed by atoms with Gasteiger partial charge in [0.1, 0.15) is 11.2 Å². The number of hydrogen-bond acceptors (Lipinski definition) is 2. The van der Waals surface area contributed by atoms with Gasteiger partial charge in [-0.05, 0) is 56.4 Å². The van der Waals surface area contributed by atoms with Crippen molar-refractivity contribution in [3.8, 4) is 17.3 Å². The summed E-state index contributed by atoms with van der Waals surface area (Å²) in [5, 5.41) is 9.21. The molecule has 0 amide bonds. The van der Waals surface area contributed by atoms with E-state index in [-0.39, 0.29) is 5.41 Å². The quantitative estimate of drug-likeness (QED) is 0.887. The molecule has 0 unspecified atom stereocenters. The minimum Gasteiger partial charge on any atom is -0.341 e. The Morgan fingerprint density at radius 1 is 1.16 bits per heavy atom. The lowest BCUT2D eigenvalue weighted by molar-refractivity contribution is 0.822. The summed E-state index contributed by atoms with van der Waals surface area (Å²) in [5.41, 5.74) is 5.66. The van der Waals surface area contributed by atoms with Gasteiger partial charge in [0.05, 0.1) is 18.0 Å². The van der Waals surface area contributed by atoms with Crippen LogP contribution in [0, 0.1) is 32.1 Å². The Kier molecular flexibility index (Phi) is 2.50. The van der Waals surface area contributed by atoms with E-state index < -0.39 is 0 Å². The van der Waals surface area contributed by atoms with Crippen molar-refractivity contribution < 1.29 is 0 Å². The molecule has 1 aromatic carbocycles. The zero-order chi connectivity index (χ0) is 13.6. The van der Waals surface area contributed by atoms with Crippen LogP contribution in [-0.2, 0) is 5.41 Å². The van der Waals surface area contributed by atoms with Gasteiger partial charge in [-0.2, -0.15) is 5.26 Å². The van der Waals surface area contributed by atoms with E-state index in [1.807, 2.05) is 6.20 Å². The van der Waals surface area contributed by atoms with E-state index in [9.17, 15) is 5.26 Å². The van der Waals surface area contributed by atoms with Crippen LogP contribution in [0.4, 0.5) is 0 Å². The van der Waals surface area contributed by atoms with Gasteiger partial charge in [0, 0.05) is 5.56 Å². The molecular weight excluding hydrogens is 234 g/mol. The van der Waals surface area contributed by atoms with Crippen molar-refractivity contribution in [1.29, 1.82) is 5.26 Å². The molecule has 1 aliphatic carbocycles. The minimum atomic E-state index is -0.341. The number of hydrogen-bond donors (Lipinski definition) is 1. The number of H-pyrrole nitrogens is 1. The summed E-state index contributed by atoms with van der Waals surface area (Å²) in [6, 6.07) is 6.76. The first-order valence-electron chi connectivity index (χ1n) is 6.61. The molecule has 19 heavy (non-hydrogen) atoms. The van der Waals surface area contributed by atoms with Gasteiger partial charge >= 0.3 is 0 Å². The molecule has 3 heteroatoms. The molecule has 3 rings (SSSR count). The van der Waals surface area contributed by atoms with Crippen molar-refractivity contribution >= 4 is 0 Å². The number of nitriles is 1. The number of imidazole rings is 1. The Hall–Kier alpha value is -2.08. The van der Waals surface area contributed by atoms with Gasteiger partial charge in [0.25, 0.3) is 0 Å². The number of nitrogens with zero attached hydrogens (tertiary/aromatic N) is 2. The fourth-order valence-corrected chi connectivity index (χ4v) is 2.48. The number of aromatic nitrogens is 2. The maximum atomic E-state index is 9.21. The van der Waals surface area contributed by atoms with Gasteiger partial charge in [-0.15, -0.1) is 0 Å². The molecule has 1 fully saturated rings. The average Bonchev–Trinajstić information content (AvgIpc) is 3.04. The van der Waals surface area contributed by atoms with Crippen LogP contribution in [0.5, 0.6) is 0 Å². The summed E-state index contributed by atoms with van der Waals surface area (Å²) in [4.78, 5) is 7.75. The highest BCUT2D eigenvalue weighted by atomic mass is 15.0. The largest absolute Gasteiger partial charge is 0.341 e. The van der Waals surface area contributed by atoms with E-state index in [0.717, 1.165) is 24.4 Å². The summed E-state index contributed by atoms with van der Waals surface area (Å²) < 4.78 is 0. The highest BCUT2D eigenvalue weighted by Gasteiger charge is 2.47. The van der Waals surface area contributed by atoms with E-state index in [0.29, 0.717) is 0 Å². The van der Waals surface area contributed by atoms with Crippen LogP contribution < -0.4 is 0 Å². The Morgan fingerprint density at radius 2 is 1.84 bits per heavy atom. The molecule has 1 heterocycles. The van der Waals surface area contributed by atoms with Crippen LogP contribution in [0.1, 0.15) is 35.4 Å². The van der Waals surface area contributed by atoms with Gasteiger partial charge in [-0.1, -0.05) is 6.07 Å². The summed E-state index contributed by atoms with van der Waals surface area (Å²) >= 11 is 0. The number of benzene rings is 1. The molecule has 96 valence electrons. The SMILES string of the molecule is Cc1cc(C)c(-c2cnc(C3(C#N)CC3)[nH]2)cc1C. The Labute approximate surface area is 113 Å². The topological polar surface area (TPSA) is 52.5 Å². The lowest BCUT2D eigenvalue weighted by Gasteiger charge is -2.08. The second-order valence-electron chi connectivity index (χ2n) is 5.59. The average molecular weight is 251 g/mol. The monoisotopic (exact) mass is 251 g/mol. The standard InChI is InChI=1S/C16H17N3/c1-10-6-12(3)13(7-11(10)2)14-8-18-15(19-14)16(9-17)4-5-16/h6-8H,4-5H2,1-3H3,(H,18,19). The molecule has 2 aromatic rings. The fourth-order valence-electron chi connectivity index (χ4n) is 2.48. The third kappa shape index (κ3) is 1.84. The van der Waals surface area contributed by atoms with Crippen LogP contribution in [0.25, 0.3) is 11.3 Å². The van der Waals surface area contributed by atoms with Gasteiger partial charge in [-0.3, -0.25) is 0 Å². The predicted molar refractivity (Wildman–Crippen MR) is 74.8 cm³/mol. The minimum absolute atomic E-state index is 0.341. The molecular formula is C16H17N3. The first kappa shape index (κ1) is 12.0. The highest BCUT2D eigenvalue weighted by molar-refractivity contribution is 5.65. The molecule has 0 saturated heterocycles. The summed E-state index contributed by atoms with van der Waals surface area (Å²) in [5.74, 6) is 0.822. The van der Waals surface area contributed by atoms with Crippen molar-refractivity contribution in [2.75, 3.05) is 0 Å². The smallest absolute Gasteiger partial charge is 0.127 e. The van der Waals surface area contributed by atoms with Crippen LogP contribution in [0.15, 0.2) is 18.3 Å². The van der Waals surface area contributed by atoms with Crippen molar-refractivity contribution in [2.24, 2.45) is 0 Å². The fraction of sp³-hybridized carbons (Fsp3) is 0.375. The summed E-state index contributed by atoms with van der Waals surface area (Å²) in [7, 11) is 0. The molecule has 1 aliphatic rings. The Morgan fingerprint density at radius 3 is 2.47 bits per heavy atom. The second kappa shape index (κ2) is 3.96. The van der Waals surface area contributed by atoms with Crippen LogP contribution >= 0.6 is 0 Å². The van der Waals surface area contributed by atoms with E-state index in [4.69, 9.17) is 0 Å². The molecule has 0 spiro atoms. The van der Waals surface area contributed by atoms with Gasteiger partial charge in [-0.25, -0.2) is 4.98 Å². The molecule has 1 aromatic heterocycles. The van der Waals surface area contributed by atoms with E-state index >= 15 is 0 Å². The zero-order valence-electron chi connectivity index (χ0n) is 11.5. The Balaban J connectivity index is 2.05. The summed E-state index contributed by atoms with van der Waals surface area (Å²) in [6.45, 7) is 6.35. The van der Waals surface area contributed by atoms with Crippen molar-refractivity contribution in [1.82, 2.24) is 9.97 Å². The van der Waals surface area contributed by atoms with E-state index in [1.165, 1.54) is 22.3 Å². The van der Waals surface area contributed by atoms with Crippen LogP contribution in [0.2, 0.25) is 0 Å². The van der Waals surface area contributed by atoms with Gasteiger partial charge in [0.2, 0.25) is 0 Å². The van der Waals surface area contributed by atoms with Crippen molar-refractivity contribution in [2.45, 2.75) is 39.0 Å². The number of aromatic amines is 1. The van der Waals surface area contributed by atoms with Crippen molar-refractivity contribution in [3.63, 3.8) is 0 Å². The third-order valence-corrected chi connectivity index (χ3v) is 4.12. The summed E-state index contributed by atoms with van der Waals surface area (Å²) in [6.07, 6.45) is 3.69. The Bertz CT molecular complexity index is 685. The van der Waals surface area contributed by atoms with Crippen LogP contribution in [0.3, 0.4) is 0 Å². The molecule has 3 nitrogen and oxygen atoms in total. The molecule has 0 aliphatic heterocycles. The van der Waals surface area contributed by atoms with E-state index in [1.54, 1.807) is 0 Å². The molecule has 1 saturated carbocycles. The van der Waals surface area contributed by atoms with Gasteiger partial charge in [0.15, 0.2) is 0 Å². The first-order valence-corrected chi connectivity index (χ1v) is 6.61. The van der Waals surface area contributed by atoms with Gasteiger partial charge < -0.3 is 4.98 Å². The first-order chi connectivity index (χ1) is 9.05. The second-order valence-corrected chi connectivity index (χ2v) is 5.59. The molecule has 1 N–H and O–H groups in total. The number of rotatable bonds is 2.